The van der Waals surface area contributed by atoms with E-state index in [9.17, 15) is 4.79 Å². The number of rotatable bonds is 2. The molecule has 0 aromatic carbocycles. The number of ether oxygens (including phenoxy) is 1. The van der Waals surface area contributed by atoms with Crippen LogP contribution in [-0.2, 0) is 9.53 Å². The van der Waals surface area contributed by atoms with E-state index in [1.165, 1.54) is 0 Å². The Labute approximate surface area is 92.9 Å². The van der Waals surface area contributed by atoms with E-state index in [0.717, 1.165) is 4.88 Å². The van der Waals surface area contributed by atoms with E-state index < -0.39 is 5.60 Å². The third-order valence-corrected chi connectivity index (χ3v) is 3.03. The number of hydrogen-bond acceptors (Lipinski definition) is 3. The van der Waals surface area contributed by atoms with Gasteiger partial charge in [0.2, 0.25) is 5.78 Å². The van der Waals surface area contributed by atoms with Crippen LogP contribution < -0.4 is 0 Å². The lowest BCUT2D eigenvalue weighted by atomic mass is 10.1. The lowest BCUT2D eigenvalue weighted by Crippen LogP contribution is -2.27. The molecule has 3 heteroatoms. The Morgan fingerprint density at radius 1 is 1.40 bits per heavy atom. The Hall–Kier alpha value is -1.35. The van der Waals surface area contributed by atoms with Gasteiger partial charge in [-0.2, -0.15) is 0 Å². The molecule has 1 aliphatic rings. The molecule has 0 bridgehead atoms. The summed E-state index contributed by atoms with van der Waals surface area (Å²) in [6, 6.07) is 4.01. The van der Waals surface area contributed by atoms with Crippen LogP contribution in [0.15, 0.2) is 35.4 Å². The van der Waals surface area contributed by atoms with E-state index in [1.807, 2.05) is 29.7 Å². The Morgan fingerprint density at radius 3 is 2.73 bits per heavy atom. The summed E-state index contributed by atoms with van der Waals surface area (Å²) in [5.74, 6) is 0.659. The molecule has 0 spiro atoms. The van der Waals surface area contributed by atoms with Gasteiger partial charge in [0, 0.05) is 11.0 Å². The average molecular weight is 220 g/mol. The fourth-order valence-electron chi connectivity index (χ4n) is 1.31. The van der Waals surface area contributed by atoms with E-state index >= 15 is 0 Å². The Morgan fingerprint density at radius 2 is 2.20 bits per heavy atom. The lowest BCUT2D eigenvalue weighted by Gasteiger charge is -2.16. The highest BCUT2D eigenvalue weighted by Crippen LogP contribution is 2.25. The second-order valence-corrected chi connectivity index (χ2v) is 4.85. The molecule has 2 nitrogen and oxygen atoms in total. The topological polar surface area (TPSA) is 26.3 Å². The van der Waals surface area contributed by atoms with Gasteiger partial charge in [-0.15, -0.1) is 11.3 Å². The van der Waals surface area contributed by atoms with Gasteiger partial charge in [0.25, 0.3) is 0 Å². The highest BCUT2D eigenvalue weighted by Gasteiger charge is 2.33. The van der Waals surface area contributed by atoms with Crippen molar-refractivity contribution in [3.05, 3.63) is 40.3 Å². The highest BCUT2D eigenvalue weighted by molar-refractivity contribution is 7.10. The summed E-state index contributed by atoms with van der Waals surface area (Å²) in [4.78, 5) is 12.6. The van der Waals surface area contributed by atoms with Crippen molar-refractivity contribution < 1.29 is 9.53 Å². The summed E-state index contributed by atoms with van der Waals surface area (Å²) >= 11 is 1.65. The first-order chi connectivity index (χ1) is 7.08. The number of ketones is 1. The molecule has 0 amide bonds. The summed E-state index contributed by atoms with van der Waals surface area (Å²) in [6.07, 6.45) is 5.33. The van der Waals surface area contributed by atoms with E-state index in [1.54, 1.807) is 31.3 Å². The van der Waals surface area contributed by atoms with Crippen LogP contribution in [-0.4, -0.2) is 11.4 Å². The molecule has 1 aliphatic heterocycles. The molecule has 0 fully saturated rings. The predicted octanol–water partition coefficient (Wildman–Crippen LogP) is 3.02. The van der Waals surface area contributed by atoms with Gasteiger partial charge < -0.3 is 4.74 Å². The van der Waals surface area contributed by atoms with Crippen molar-refractivity contribution in [1.29, 1.82) is 0 Å². The molecule has 78 valence electrons. The maximum atomic E-state index is 11.4. The Bertz CT molecular complexity index is 424. The van der Waals surface area contributed by atoms with Crippen molar-refractivity contribution >= 4 is 23.2 Å². The van der Waals surface area contributed by atoms with Crippen LogP contribution >= 0.6 is 11.3 Å². The van der Waals surface area contributed by atoms with Crippen LogP contribution in [0.1, 0.15) is 18.7 Å². The van der Waals surface area contributed by atoms with E-state index in [4.69, 9.17) is 4.74 Å². The molecule has 1 aromatic heterocycles. The van der Waals surface area contributed by atoms with E-state index in [0.29, 0.717) is 5.76 Å². The monoisotopic (exact) mass is 220 g/mol. The van der Waals surface area contributed by atoms with Crippen molar-refractivity contribution in [2.24, 2.45) is 0 Å². The zero-order valence-corrected chi connectivity index (χ0v) is 9.51. The van der Waals surface area contributed by atoms with Crippen LogP contribution in [0.4, 0.5) is 0 Å². The molecule has 2 heterocycles. The van der Waals surface area contributed by atoms with Crippen molar-refractivity contribution in [2.45, 2.75) is 19.4 Å². The second-order valence-electron chi connectivity index (χ2n) is 3.87. The fourth-order valence-corrected chi connectivity index (χ4v) is 1.93. The molecule has 1 aromatic rings. The number of thiophene rings is 1. The van der Waals surface area contributed by atoms with Gasteiger partial charge in [-0.1, -0.05) is 6.07 Å². The number of hydrogen-bond donors (Lipinski definition) is 0. The number of carbonyl (C=O) groups is 1. The molecule has 0 N–H and O–H groups in total. The summed E-state index contributed by atoms with van der Waals surface area (Å²) in [6.45, 7) is 3.55. The first-order valence-corrected chi connectivity index (χ1v) is 5.63. The fraction of sp³-hybridized carbons (Fsp3) is 0.250. The van der Waals surface area contributed by atoms with Crippen LogP contribution in [0.25, 0.3) is 6.08 Å². The molecule has 0 radical (unpaired) electrons. The normalized spacial score (nSPS) is 19.3. The van der Waals surface area contributed by atoms with Crippen molar-refractivity contribution in [2.75, 3.05) is 0 Å². The molecule has 0 saturated heterocycles. The van der Waals surface area contributed by atoms with Gasteiger partial charge in [0.15, 0.2) is 5.60 Å². The summed E-state index contributed by atoms with van der Waals surface area (Å²) < 4.78 is 5.49. The summed E-state index contributed by atoms with van der Waals surface area (Å²) in [7, 11) is 0. The maximum absolute atomic E-state index is 11.4. The smallest absolute Gasteiger partial charge is 0.202 e. The first kappa shape index (κ1) is 10.2. The van der Waals surface area contributed by atoms with Crippen LogP contribution in [0.2, 0.25) is 0 Å². The van der Waals surface area contributed by atoms with Crippen LogP contribution in [0, 0.1) is 0 Å². The third-order valence-electron chi connectivity index (χ3n) is 2.19. The molecular formula is C12H12O2S. The van der Waals surface area contributed by atoms with Gasteiger partial charge in [-0.3, -0.25) is 4.79 Å². The van der Waals surface area contributed by atoms with Gasteiger partial charge in [0.05, 0.1) is 0 Å². The highest BCUT2D eigenvalue weighted by atomic mass is 32.1. The van der Waals surface area contributed by atoms with E-state index in [2.05, 4.69) is 0 Å². The summed E-state index contributed by atoms with van der Waals surface area (Å²) in [5, 5.41) is 2.01. The van der Waals surface area contributed by atoms with Crippen LogP contribution in [0.5, 0.6) is 0 Å². The molecule has 15 heavy (non-hydrogen) atoms. The number of allylic oxidation sites excluding steroid dienone is 1. The Kier molecular flexibility index (Phi) is 2.49. The first-order valence-electron chi connectivity index (χ1n) is 4.75. The van der Waals surface area contributed by atoms with Gasteiger partial charge >= 0.3 is 0 Å². The van der Waals surface area contributed by atoms with Gasteiger partial charge in [0.1, 0.15) is 5.76 Å². The lowest BCUT2D eigenvalue weighted by molar-refractivity contribution is -0.126. The molecule has 0 aliphatic carbocycles. The maximum Gasteiger partial charge on any atom is 0.202 e. The minimum atomic E-state index is -0.699. The van der Waals surface area contributed by atoms with Crippen molar-refractivity contribution in [1.82, 2.24) is 0 Å². The van der Waals surface area contributed by atoms with Crippen molar-refractivity contribution in [3.63, 3.8) is 0 Å². The predicted molar refractivity (Wildman–Crippen MR) is 61.6 cm³/mol. The Balaban J connectivity index is 2.10. The largest absolute Gasteiger partial charge is 0.480 e. The standard InChI is InChI=1S/C12H12O2S/c1-12(2)11(13)8-9(14-12)5-6-10-4-3-7-15-10/h3-8H,1-2H3/b6-5+. The zero-order chi connectivity index (χ0) is 10.9. The molecular weight excluding hydrogens is 208 g/mol. The molecule has 0 unspecified atom stereocenters. The SMILES string of the molecule is CC1(C)OC(/C=C/c2cccs2)=CC1=O. The summed E-state index contributed by atoms with van der Waals surface area (Å²) in [5.41, 5.74) is -0.699. The third kappa shape index (κ3) is 2.18. The van der Waals surface area contributed by atoms with E-state index in [-0.39, 0.29) is 5.78 Å². The average Bonchev–Trinajstić information content (AvgIpc) is 2.72. The molecule has 0 saturated carbocycles. The minimum absolute atomic E-state index is 0.0216. The zero-order valence-electron chi connectivity index (χ0n) is 8.69. The molecule has 2 rings (SSSR count). The number of carbonyl (C=O) groups excluding carboxylic acids is 1. The van der Waals surface area contributed by atoms with Gasteiger partial charge in [-0.25, -0.2) is 0 Å². The minimum Gasteiger partial charge on any atom is -0.480 e. The second kappa shape index (κ2) is 3.66. The van der Waals surface area contributed by atoms with Gasteiger partial charge in [-0.05, 0) is 37.4 Å². The van der Waals surface area contributed by atoms with Crippen LogP contribution in [0.3, 0.4) is 0 Å². The quantitative estimate of drug-likeness (QED) is 0.765. The molecule has 0 atom stereocenters. The van der Waals surface area contributed by atoms with Crippen molar-refractivity contribution in [3.8, 4) is 0 Å².